The number of hydrogen-bond acceptors (Lipinski definition) is 4. The van der Waals surface area contributed by atoms with Crippen LogP contribution in [0.2, 0.25) is 0 Å². The highest BCUT2D eigenvalue weighted by Crippen LogP contribution is 2.21. The van der Waals surface area contributed by atoms with E-state index >= 15 is 0 Å². The maximum atomic E-state index is 5.44. The van der Waals surface area contributed by atoms with Gasteiger partial charge < -0.3 is 10.3 Å². The summed E-state index contributed by atoms with van der Waals surface area (Å²) in [5.41, 5.74) is 8.40. The minimum absolute atomic E-state index is 0.570. The van der Waals surface area contributed by atoms with E-state index in [1.165, 1.54) is 0 Å². The molecule has 0 aromatic carbocycles. The minimum Gasteiger partial charge on any atom is -0.361 e. The van der Waals surface area contributed by atoms with Crippen molar-refractivity contribution >= 4 is 0 Å². The molecule has 2 heterocycles. The zero-order valence-corrected chi connectivity index (χ0v) is 8.60. The Morgan fingerprint density at radius 3 is 3.07 bits per heavy atom. The molecule has 4 nitrogen and oxygen atoms in total. The zero-order valence-electron chi connectivity index (χ0n) is 8.60. The molecule has 0 aliphatic heterocycles. The van der Waals surface area contributed by atoms with Crippen molar-refractivity contribution < 1.29 is 4.52 Å². The van der Waals surface area contributed by atoms with Gasteiger partial charge in [0.2, 0.25) is 0 Å². The molecule has 0 amide bonds. The third-order valence-electron chi connectivity index (χ3n) is 2.26. The highest BCUT2D eigenvalue weighted by atomic mass is 16.5. The van der Waals surface area contributed by atoms with Crippen LogP contribution in [0, 0.1) is 6.92 Å². The van der Waals surface area contributed by atoms with E-state index in [4.69, 9.17) is 10.3 Å². The van der Waals surface area contributed by atoms with Gasteiger partial charge in [-0.05, 0) is 25.1 Å². The van der Waals surface area contributed by atoms with Crippen LogP contribution in [0.5, 0.6) is 0 Å². The van der Waals surface area contributed by atoms with Crippen molar-refractivity contribution in [2.45, 2.75) is 13.3 Å². The molecule has 0 atom stereocenters. The molecule has 2 aromatic heterocycles. The van der Waals surface area contributed by atoms with Crippen molar-refractivity contribution in [2.75, 3.05) is 6.54 Å². The van der Waals surface area contributed by atoms with Crippen molar-refractivity contribution in [1.82, 2.24) is 10.1 Å². The van der Waals surface area contributed by atoms with Gasteiger partial charge in [-0.2, -0.15) is 0 Å². The van der Waals surface area contributed by atoms with E-state index in [-0.39, 0.29) is 0 Å². The van der Waals surface area contributed by atoms with Crippen LogP contribution < -0.4 is 5.73 Å². The van der Waals surface area contributed by atoms with Crippen LogP contribution in [0.25, 0.3) is 11.3 Å². The van der Waals surface area contributed by atoms with E-state index in [2.05, 4.69) is 10.1 Å². The lowest BCUT2D eigenvalue weighted by Crippen LogP contribution is -2.01. The highest BCUT2D eigenvalue weighted by molar-refractivity contribution is 5.61. The highest BCUT2D eigenvalue weighted by Gasteiger charge is 2.07. The number of hydrogen-bond donors (Lipinski definition) is 1. The molecular weight excluding hydrogens is 190 g/mol. The third-order valence-corrected chi connectivity index (χ3v) is 2.26. The number of pyridine rings is 1. The van der Waals surface area contributed by atoms with Crippen molar-refractivity contribution in [3.05, 3.63) is 35.9 Å². The third kappa shape index (κ3) is 2.05. The van der Waals surface area contributed by atoms with E-state index in [0.29, 0.717) is 13.0 Å². The lowest BCUT2D eigenvalue weighted by Gasteiger charge is -1.98. The summed E-state index contributed by atoms with van der Waals surface area (Å²) < 4.78 is 5.16. The molecule has 0 saturated heterocycles. The SMILES string of the molecule is Cc1ccncc1-c1cc(CCN)on1. The number of rotatable bonds is 3. The fraction of sp³-hybridized carbons (Fsp3) is 0.273. The van der Waals surface area contributed by atoms with E-state index in [1.807, 2.05) is 19.1 Å². The predicted octanol–water partition coefficient (Wildman–Crippen LogP) is 1.55. The Hall–Kier alpha value is -1.68. The summed E-state index contributed by atoms with van der Waals surface area (Å²) in [5, 5.41) is 4.00. The number of nitrogens with two attached hydrogens (primary N) is 1. The van der Waals surface area contributed by atoms with Gasteiger partial charge in [0.15, 0.2) is 0 Å². The molecular formula is C11H13N3O. The van der Waals surface area contributed by atoms with E-state index in [9.17, 15) is 0 Å². The zero-order chi connectivity index (χ0) is 10.7. The van der Waals surface area contributed by atoms with Gasteiger partial charge in [0.25, 0.3) is 0 Å². The summed E-state index contributed by atoms with van der Waals surface area (Å²) in [6.45, 7) is 2.59. The Balaban J connectivity index is 2.33. The standard InChI is InChI=1S/C11H13N3O/c1-8-3-5-13-7-10(8)11-6-9(2-4-12)15-14-11/h3,5-7H,2,4,12H2,1H3. The van der Waals surface area contributed by atoms with Gasteiger partial charge >= 0.3 is 0 Å². The Morgan fingerprint density at radius 2 is 2.33 bits per heavy atom. The first kappa shape index (κ1) is 9.86. The Bertz CT molecular complexity index is 451. The topological polar surface area (TPSA) is 64.9 Å². The lowest BCUT2D eigenvalue weighted by atomic mass is 10.1. The first-order valence-electron chi connectivity index (χ1n) is 4.88. The average molecular weight is 203 g/mol. The molecule has 0 fully saturated rings. The second-order valence-electron chi connectivity index (χ2n) is 3.41. The largest absolute Gasteiger partial charge is 0.361 e. The maximum Gasteiger partial charge on any atom is 0.138 e. The van der Waals surface area contributed by atoms with Gasteiger partial charge in [-0.15, -0.1) is 0 Å². The number of aromatic nitrogens is 2. The molecule has 0 spiro atoms. The maximum absolute atomic E-state index is 5.44. The summed E-state index contributed by atoms with van der Waals surface area (Å²) >= 11 is 0. The van der Waals surface area contributed by atoms with Gasteiger partial charge in [0.05, 0.1) is 0 Å². The fourth-order valence-electron chi connectivity index (χ4n) is 1.43. The number of aryl methyl sites for hydroxylation is 1. The molecule has 0 saturated carbocycles. The van der Waals surface area contributed by atoms with Gasteiger partial charge in [-0.3, -0.25) is 4.98 Å². The summed E-state index contributed by atoms with van der Waals surface area (Å²) in [4.78, 5) is 4.07. The monoisotopic (exact) mass is 203 g/mol. The van der Waals surface area contributed by atoms with Crippen LogP contribution in [0.1, 0.15) is 11.3 Å². The summed E-state index contributed by atoms with van der Waals surface area (Å²) in [7, 11) is 0. The molecule has 2 N–H and O–H groups in total. The van der Waals surface area contributed by atoms with Gasteiger partial charge in [-0.25, -0.2) is 0 Å². The van der Waals surface area contributed by atoms with Crippen molar-refractivity contribution in [3.8, 4) is 11.3 Å². The summed E-state index contributed by atoms with van der Waals surface area (Å²) in [5.74, 6) is 0.816. The van der Waals surface area contributed by atoms with Crippen molar-refractivity contribution in [2.24, 2.45) is 5.73 Å². The van der Waals surface area contributed by atoms with E-state index < -0.39 is 0 Å². The van der Waals surface area contributed by atoms with Crippen LogP contribution >= 0.6 is 0 Å². The fourth-order valence-corrected chi connectivity index (χ4v) is 1.43. The first-order chi connectivity index (χ1) is 7.31. The van der Waals surface area contributed by atoms with Gasteiger partial charge in [-0.1, -0.05) is 5.16 Å². The summed E-state index contributed by atoms with van der Waals surface area (Å²) in [6, 6.07) is 3.86. The molecule has 4 heteroatoms. The van der Waals surface area contributed by atoms with Crippen LogP contribution in [0.15, 0.2) is 29.0 Å². The van der Waals surface area contributed by atoms with Crippen LogP contribution in [-0.2, 0) is 6.42 Å². The Labute approximate surface area is 88.1 Å². The van der Waals surface area contributed by atoms with Gasteiger partial charge in [0, 0.05) is 30.4 Å². The Morgan fingerprint density at radius 1 is 1.47 bits per heavy atom. The quantitative estimate of drug-likeness (QED) is 0.821. The molecule has 15 heavy (non-hydrogen) atoms. The van der Waals surface area contributed by atoms with Crippen molar-refractivity contribution in [1.29, 1.82) is 0 Å². The predicted molar refractivity (Wildman–Crippen MR) is 57.2 cm³/mol. The molecule has 0 unspecified atom stereocenters. The second kappa shape index (κ2) is 4.23. The normalized spacial score (nSPS) is 10.5. The Kier molecular flexibility index (Phi) is 2.78. The van der Waals surface area contributed by atoms with Crippen molar-refractivity contribution in [3.63, 3.8) is 0 Å². The van der Waals surface area contributed by atoms with Crippen LogP contribution in [0.4, 0.5) is 0 Å². The molecule has 78 valence electrons. The molecule has 0 bridgehead atoms. The van der Waals surface area contributed by atoms with Crippen LogP contribution in [-0.4, -0.2) is 16.7 Å². The summed E-state index contributed by atoms with van der Waals surface area (Å²) in [6.07, 6.45) is 4.27. The average Bonchev–Trinajstić information content (AvgIpc) is 2.68. The molecule has 0 radical (unpaired) electrons. The van der Waals surface area contributed by atoms with Crippen LogP contribution in [0.3, 0.4) is 0 Å². The minimum atomic E-state index is 0.570. The number of nitrogens with zero attached hydrogens (tertiary/aromatic N) is 2. The van der Waals surface area contributed by atoms with E-state index in [0.717, 1.165) is 22.6 Å². The van der Waals surface area contributed by atoms with Gasteiger partial charge in [0.1, 0.15) is 11.5 Å². The van der Waals surface area contributed by atoms with E-state index in [1.54, 1.807) is 12.4 Å². The molecule has 0 aliphatic rings. The second-order valence-corrected chi connectivity index (χ2v) is 3.41. The first-order valence-corrected chi connectivity index (χ1v) is 4.88. The molecule has 0 aliphatic carbocycles. The molecule has 2 rings (SSSR count). The lowest BCUT2D eigenvalue weighted by molar-refractivity contribution is 0.386. The molecule has 2 aromatic rings. The smallest absolute Gasteiger partial charge is 0.138 e.